The number of benzene rings is 2. The number of amides is 1. The third kappa shape index (κ3) is 2.28. The number of fused-ring (bicyclic) bond motifs is 2. The van der Waals surface area contributed by atoms with Crippen LogP contribution in [0.4, 0.5) is 11.4 Å². The van der Waals surface area contributed by atoms with E-state index in [2.05, 4.69) is 28.1 Å². The quantitative estimate of drug-likeness (QED) is 0.753. The Kier molecular flexibility index (Phi) is 2.89. The van der Waals surface area contributed by atoms with Crippen LogP contribution in [0.2, 0.25) is 0 Å². The molecule has 3 aromatic rings. The predicted molar refractivity (Wildman–Crippen MR) is 88.0 cm³/mol. The summed E-state index contributed by atoms with van der Waals surface area (Å²) in [4.78, 5) is 12.4. The molecule has 1 aliphatic rings. The van der Waals surface area contributed by atoms with Crippen molar-refractivity contribution in [3.05, 3.63) is 59.5 Å². The Morgan fingerprint density at radius 3 is 3.00 bits per heavy atom. The van der Waals surface area contributed by atoms with Crippen molar-refractivity contribution in [3.8, 4) is 0 Å². The van der Waals surface area contributed by atoms with E-state index in [0.717, 1.165) is 17.8 Å². The number of carbonyl (C=O) groups excluding carboxylic acids is 1. The molecular weight excluding hydrogens is 280 g/mol. The van der Waals surface area contributed by atoms with E-state index in [-0.39, 0.29) is 11.9 Å². The lowest BCUT2D eigenvalue weighted by molar-refractivity contribution is -0.116. The van der Waals surface area contributed by atoms with Gasteiger partial charge in [0, 0.05) is 22.5 Å². The highest BCUT2D eigenvalue weighted by molar-refractivity contribution is 7.17. The van der Waals surface area contributed by atoms with Gasteiger partial charge in [-0.2, -0.15) is 0 Å². The van der Waals surface area contributed by atoms with E-state index >= 15 is 0 Å². The SMILES string of the molecule is O=C(Nc1ccc2sccc2c1)[C@@H]1Cc2ccccc2N1. The maximum atomic E-state index is 12.4. The van der Waals surface area contributed by atoms with Gasteiger partial charge in [0.15, 0.2) is 0 Å². The molecule has 4 heteroatoms. The first-order chi connectivity index (χ1) is 10.3. The van der Waals surface area contributed by atoms with Crippen molar-refractivity contribution >= 4 is 38.7 Å². The lowest BCUT2D eigenvalue weighted by Crippen LogP contribution is -2.32. The molecule has 0 unspecified atom stereocenters. The van der Waals surface area contributed by atoms with Gasteiger partial charge in [-0.05, 0) is 46.7 Å². The van der Waals surface area contributed by atoms with Crippen molar-refractivity contribution in [3.63, 3.8) is 0 Å². The van der Waals surface area contributed by atoms with Crippen LogP contribution in [0.25, 0.3) is 10.1 Å². The fourth-order valence-electron chi connectivity index (χ4n) is 2.73. The minimum atomic E-state index is -0.194. The van der Waals surface area contributed by atoms with Crippen molar-refractivity contribution in [2.24, 2.45) is 0 Å². The molecule has 1 aromatic heterocycles. The molecule has 2 heterocycles. The van der Waals surface area contributed by atoms with E-state index in [4.69, 9.17) is 0 Å². The van der Waals surface area contributed by atoms with Gasteiger partial charge in [0.2, 0.25) is 5.91 Å². The molecule has 2 N–H and O–H groups in total. The van der Waals surface area contributed by atoms with Gasteiger partial charge in [0.1, 0.15) is 6.04 Å². The molecule has 4 rings (SSSR count). The fraction of sp³-hybridized carbons (Fsp3) is 0.118. The largest absolute Gasteiger partial charge is 0.373 e. The monoisotopic (exact) mass is 294 g/mol. The van der Waals surface area contributed by atoms with Gasteiger partial charge in [0.25, 0.3) is 0 Å². The standard InChI is InChI=1S/C17H14N2OS/c20-17(15-10-11-3-1-2-4-14(11)19-15)18-13-5-6-16-12(9-13)7-8-21-16/h1-9,15,19H,10H2,(H,18,20)/t15-/m0/s1. The number of hydrogen-bond acceptors (Lipinski definition) is 3. The molecule has 1 amide bonds. The Hall–Kier alpha value is -2.33. The third-order valence-corrected chi connectivity index (χ3v) is 4.71. The molecule has 21 heavy (non-hydrogen) atoms. The van der Waals surface area contributed by atoms with E-state index < -0.39 is 0 Å². The number of nitrogens with one attached hydrogen (secondary N) is 2. The van der Waals surface area contributed by atoms with Crippen LogP contribution in [-0.2, 0) is 11.2 Å². The van der Waals surface area contributed by atoms with Gasteiger partial charge >= 0.3 is 0 Å². The van der Waals surface area contributed by atoms with Crippen molar-refractivity contribution < 1.29 is 4.79 Å². The van der Waals surface area contributed by atoms with Crippen LogP contribution in [0.3, 0.4) is 0 Å². The Labute approximate surface area is 126 Å². The normalized spacial score (nSPS) is 16.5. The second-order valence-corrected chi connectivity index (χ2v) is 6.17. The molecule has 0 fully saturated rings. The molecule has 0 saturated carbocycles. The van der Waals surface area contributed by atoms with Crippen LogP contribution < -0.4 is 10.6 Å². The van der Waals surface area contributed by atoms with Gasteiger partial charge in [-0.15, -0.1) is 11.3 Å². The van der Waals surface area contributed by atoms with Gasteiger partial charge in [-0.3, -0.25) is 4.79 Å². The van der Waals surface area contributed by atoms with Crippen LogP contribution in [0.15, 0.2) is 53.9 Å². The zero-order valence-corrected chi connectivity index (χ0v) is 12.1. The summed E-state index contributed by atoms with van der Waals surface area (Å²) in [6.07, 6.45) is 0.739. The predicted octanol–water partition coefficient (Wildman–Crippen LogP) is 3.88. The van der Waals surface area contributed by atoms with E-state index in [1.165, 1.54) is 15.6 Å². The molecule has 0 bridgehead atoms. The van der Waals surface area contributed by atoms with Crippen LogP contribution in [0.1, 0.15) is 5.56 Å². The summed E-state index contributed by atoms with van der Waals surface area (Å²) in [5, 5.41) is 9.51. The zero-order chi connectivity index (χ0) is 14.2. The number of anilines is 2. The van der Waals surface area contributed by atoms with E-state index in [0.29, 0.717) is 0 Å². The van der Waals surface area contributed by atoms with Crippen LogP contribution in [0, 0.1) is 0 Å². The van der Waals surface area contributed by atoms with Crippen LogP contribution >= 0.6 is 11.3 Å². The zero-order valence-electron chi connectivity index (χ0n) is 11.3. The summed E-state index contributed by atoms with van der Waals surface area (Å²) in [5.74, 6) is 0.0146. The lowest BCUT2D eigenvalue weighted by Gasteiger charge is -2.12. The Morgan fingerprint density at radius 1 is 1.19 bits per heavy atom. The molecule has 0 radical (unpaired) electrons. The highest BCUT2D eigenvalue weighted by Gasteiger charge is 2.26. The second kappa shape index (κ2) is 4.90. The first kappa shape index (κ1) is 12.4. The summed E-state index contributed by atoms with van der Waals surface area (Å²) < 4.78 is 1.24. The van der Waals surface area contributed by atoms with Crippen LogP contribution in [-0.4, -0.2) is 11.9 Å². The molecule has 104 valence electrons. The number of thiophene rings is 1. The molecule has 3 nitrogen and oxygen atoms in total. The Bertz CT molecular complexity index is 799. The van der Waals surface area contributed by atoms with Crippen molar-refractivity contribution in [2.75, 3.05) is 10.6 Å². The Balaban J connectivity index is 1.51. The minimum Gasteiger partial charge on any atom is -0.373 e. The van der Waals surface area contributed by atoms with E-state index in [1.54, 1.807) is 11.3 Å². The summed E-state index contributed by atoms with van der Waals surface area (Å²) >= 11 is 1.71. The van der Waals surface area contributed by atoms with Gasteiger partial charge in [-0.1, -0.05) is 18.2 Å². The average molecular weight is 294 g/mol. The maximum Gasteiger partial charge on any atom is 0.247 e. The van der Waals surface area contributed by atoms with Crippen LogP contribution in [0.5, 0.6) is 0 Å². The lowest BCUT2D eigenvalue weighted by atomic mass is 10.1. The molecule has 0 aliphatic carbocycles. The number of rotatable bonds is 2. The second-order valence-electron chi connectivity index (χ2n) is 5.22. The summed E-state index contributed by atoms with van der Waals surface area (Å²) in [7, 11) is 0. The summed E-state index contributed by atoms with van der Waals surface area (Å²) in [6, 6.07) is 16.0. The van der Waals surface area contributed by atoms with Gasteiger partial charge in [0.05, 0.1) is 0 Å². The molecular formula is C17H14N2OS. The first-order valence-electron chi connectivity index (χ1n) is 6.92. The summed E-state index contributed by atoms with van der Waals surface area (Å²) in [5.41, 5.74) is 3.11. The van der Waals surface area contributed by atoms with E-state index in [1.807, 2.05) is 36.4 Å². The number of carbonyl (C=O) groups is 1. The first-order valence-corrected chi connectivity index (χ1v) is 7.80. The van der Waals surface area contributed by atoms with Gasteiger partial charge in [-0.25, -0.2) is 0 Å². The number of hydrogen-bond donors (Lipinski definition) is 2. The maximum absolute atomic E-state index is 12.4. The van der Waals surface area contributed by atoms with Crippen molar-refractivity contribution in [1.29, 1.82) is 0 Å². The molecule has 0 saturated heterocycles. The topological polar surface area (TPSA) is 41.1 Å². The van der Waals surface area contributed by atoms with Crippen molar-refractivity contribution in [1.82, 2.24) is 0 Å². The van der Waals surface area contributed by atoms with Gasteiger partial charge < -0.3 is 10.6 Å². The Morgan fingerprint density at radius 2 is 2.10 bits per heavy atom. The molecule has 1 atom stereocenters. The highest BCUT2D eigenvalue weighted by Crippen LogP contribution is 2.27. The van der Waals surface area contributed by atoms with Crippen molar-refractivity contribution in [2.45, 2.75) is 12.5 Å². The smallest absolute Gasteiger partial charge is 0.247 e. The molecule has 0 spiro atoms. The van der Waals surface area contributed by atoms with E-state index in [9.17, 15) is 4.79 Å². The number of para-hydroxylation sites is 1. The average Bonchev–Trinajstić information content (AvgIpc) is 3.13. The third-order valence-electron chi connectivity index (χ3n) is 3.81. The highest BCUT2D eigenvalue weighted by atomic mass is 32.1. The minimum absolute atomic E-state index is 0.0146. The fourth-order valence-corrected chi connectivity index (χ4v) is 3.50. The molecule has 1 aliphatic heterocycles. The summed E-state index contributed by atoms with van der Waals surface area (Å²) in [6.45, 7) is 0. The molecule has 2 aromatic carbocycles.